The minimum atomic E-state index is -2.23. The minimum absolute atomic E-state index is 0.178. The lowest BCUT2D eigenvalue weighted by Crippen LogP contribution is -2.35. The summed E-state index contributed by atoms with van der Waals surface area (Å²) in [6, 6.07) is 0.735. The van der Waals surface area contributed by atoms with Crippen LogP contribution in [0.5, 0.6) is 0 Å². The lowest BCUT2D eigenvalue weighted by atomic mass is 10.4. The zero-order valence-corrected chi connectivity index (χ0v) is 8.10. The first-order chi connectivity index (χ1) is 6.24. The highest BCUT2D eigenvalue weighted by Gasteiger charge is 2.26. The summed E-state index contributed by atoms with van der Waals surface area (Å²) in [5.41, 5.74) is 0. The Morgan fingerprint density at radius 1 is 1.46 bits per heavy atom. The maximum atomic E-state index is 11.7. The topological polar surface area (TPSA) is 15.3 Å². The van der Waals surface area contributed by atoms with Crippen LogP contribution < -0.4 is 5.32 Å². The van der Waals surface area contributed by atoms with Crippen molar-refractivity contribution in [3.05, 3.63) is 0 Å². The molecule has 0 aromatic heterocycles. The fraction of sp³-hybridized carbons (Fsp3) is 1.00. The van der Waals surface area contributed by atoms with Gasteiger partial charge in [-0.3, -0.25) is 4.90 Å². The molecule has 0 aliphatic heterocycles. The van der Waals surface area contributed by atoms with Gasteiger partial charge in [0, 0.05) is 19.1 Å². The summed E-state index contributed by atoms with van der Waals surface area (Å²) in [7, 11) is 0. The summed E-state index contributed by atoms with van der Waals surface area (Å²) in [6.07, 6.45) is 0.335. The van der Waals surface area contributed by atoms with Gasteiger partial charge in [-0.05, 0) is 19.4 Å². The number of nitrogens with one attached hydrogen (secondary N) is 1. The highest BCUT2D eigenvalue weighted by Crippen LogP contribution is 2.25. The van der Waals surface area contributed by atoms with Crippen LogP contribution in [0.25, 0.3) is 0 Å². The van der Waals surface area contributed by atoms with E-state index in [1.165, 1.54) is 12.8 Å². The van der Waals surface area contributed by atoms with Crippen molar-refractivity contribution in [1.29, 1.82) is 0 Å². The third-order valence-electron chi connectivity index (χ3n) is 2.34. The van der Waals surface area contributed by atoms with Crippen LogP contribution in [-0.2, 0) is 0 Å². The Morgan fingerprint density at radius 3 is 2.62 bits per heavy atom. The van der Waals surface area contributed by atoms with Gasteiger partial charge in [0.1, 0.15) is 0 Å². The lowest BCUT2D eigenvalue weighted by molar-refractivity contribution is 0.144. The summed E-state index contributed by atoms with van der Waals surface area (Å²) < 4.78 is 23.5. The molecule has 0 spiro atoms. The van der Waals surface area contributed by atoms with E-state index in [-0.39, 0.29) is 6.54 Å². The third-order valence-corrected chi connectivity index (χ3v) is 2.34. The van der Waals surface area contributed by atoms with E-state index < -0.39 is 6.43 Å². The van der Waals surface area contributed by atoms with E-state index in [4.69, 9.17) is 0 Å². The van der Waals surface area contributed by atoms with Gasteiger partial charge in [0.2, 0.25) is 0 Å². The molecule has 78 valence electrons. The summed E-state index contributed by atoms with van der Waals surface area (Å²) in [5.74, 6) is 0. The summed E-state index contributed by atoms with van der Waals surface area (Å²) >= 11 is 0. The van der Waals surface area contributed by atoms with Crippen LogP contribution in [0.15, 0.2) is 0 Å². The standard InChI is InChI=1S/C9H18F2N2/c1-2-13(8-3-4-8)6-5-12-7-9(10)11/h8-9,12H,2-7H2,1H3. The van der Waals surface area contributed by atoms with Crippen molar-refractivity contribution in [1.82, 2.24) is 10.2 Å². The van der Waals surface area contributed by atoms with Crippen LogP contribution in [0.3, 0.4) is 0 Å². The summed E-state index contributed by atoms with van der Waals surface area (Å²) in [5, 5.41) is 2.74. The lowest BCUT2D eigenvalue weighted by Gasteiger charge is -2.19. The van der Waals surface area contributed by atoms with E-state index in [0.29, 0.717) is 6.54 Å². The average molecular weight is 192 g/mol. The number of likely N-dealkylation sites (N-methyl/N-ethyl adjacent to an activating group) is 1. The van der Waals surface area contributed by atoms with Gasteiger partial charge in [-0.1, -0.05) is 6.92 Å². The maximum Gasteiger partial charge on any atom is 0.250 e. The second kappa shape index (κ2) is 5.50. The van der Waals surface area contributed by atoms with Gasteiger partial charge in [-0.2, -0.15) is 0 Å². The SMILES string of the molecule is CCN(CCNCC(F)F)C1CC1. The Bertz CT molecular complexity index is 138. The first kappa shape index (κ1) is 10.9. The second-order valence-electron chi connectivity index (χ2n) is 3.45. The van der Waals surface area contributed by atoms with Gasteiger partial charge in [-0.15, -0.1) is 0 Å². The van der Waals surface area contributed by atoms with E-state index in [9.17, 15) is 8.78 Å². The van der Waals surface area contributed by atoms with Crippen molar-refractivity contribution in [2.45, 2.75) is 32.2 Å². The van der Waals surface area contributed by atoms with Crippen molar-refractivity contribution in [2.75, 3.05) is 26.2 Å². The number of rotatable bonds is 7. The first-order valence-corrected chi connectivity index (χ1v) is 4.97. The predicted molar refractivity (Wildman–Crippen MR) is 49.1 cm³/mol. The van der Waals surface area contributed by atoms with Gasteiger partial charge < -0.3 is 5.32 Å². The van der Waals surface area contributed by atoms with E-state index >= 15 is 0 Å². The highest BCUT2D eigenvalue weighted by atomic mass is 19.3. The third kappa shape index (κ3) is 4.52. The molecular formula is C9H18F2N2. The van der Waals surface area contributed by atoms with E-state index in [0.717, 1.165) is 19.1 Å². The minimum Gasteiger partial charge on any atom is -0.310 e. The van der Waals surface area contributed by atoms with Crippen LogP contribution in [-0.4, -0.2) is 43.5 Å². The molecule has 0 aromatic rings. The largest absolute Gasteiger partial charge is 0.310 e. The molecule has 13 heavy (non-hydrogen) atoms. The molecule has 0 radical (unpaired) electrons. The van der Waals surface area contributed by atoms with Gasteiger partial charge in [-0.25, -0.2) is 8.78 Å². The summed E-state index contributed by atoms with van der Waals surface area (Å²) in [4.78, 5) is 2.35. The predicted octanol–water partition coefficient (Wildman–Crippen LogP) is 1.33. The molecule has 1 N–H and O–H groups in total. The molecule has 0 amide bonds. The second-order valence-corrected chi connectivity index (χ2v) is 3.45. The molecule has 2 nitrogen and oxygen atoms in total. The monoisotopic (exact) mass is 192 g/mol. The Balaban J connectivity index is 1.96. The molecule has 0 unspecified atom stereocenters. The highest BCUT2D eigenvalue weighted by molar-refractivity contribution is 4.83. The van der Waals surface area contributed by atoms with Crippen molar-refractivity contribution in [3.63, 3.8) is 0 Å². The fourth-order valence-electron chi connectivity index (χ4n) is 1.47. The van der Waals surface area contributed by atoms with E-state index in [1.54, 1.807) is 0 Å². The molecule has 0 atom stereocenters. The maximum absolute atomic E-state index is 11.7. The van der Waals surface area contributed by atoms with Crippen LogP contribution in [0.4, 0.5) is 8.78 Å². The molecule has 0 heterocycles. The Labute approximate surface area is 78.3 Å². The Hall–Kier alpha value is -0.220. The van der Waals surface area contributed by atoms with Crippen LogP contribution in [0.1, 0.15) is 19.8 Å². The van der Waals surface area contributed by atoms with E-state index in [2.05, 4.69) is 17.1 Å². The van der Waals surface area contributed by atoms with Crippen LogP contribution >= 0.6 is 0 Å². The number of hydrogen-bond acceptors (Lipinski definition) is 2. The number of nitrogens with zero attached hydrogens (tertiary/aromatic N) is 1. The molecule has 0 saturated heterocycles. The van der Waals surface area contributed by atoms with Gasteiger partial charge in [0.15, 0.2) is 0 Å². The van der Waals surface area contributed by atoms with Crippen LogP contribution in [0.2, 0.25) is 0 Å². The van der Waals surface area contributed by atoms with Crippen molar-refractivity contribution in [2.24, 2.45) is 0 Å². The molecule has 0 aromatic carbocycles. The Kier molecular flexibility index (Phi) is 4.59. The molecule has 1 aliphatic rings. The van der Waals surface area contributed by atoms with Gasteiger partial charge in [0.25, 0.3) is 6.43 Å². The van der Waals surface area contributed by atoms with Crippen molar-refractivity contribution >= 4 is 0 Å². The van der Waals surface area contributed by atoms with Crippen molar-refractivity contribution in [3.8, 4) is 0 Å². The number of alkyl halides is 2. The smallest absolute Gasteiger partial charge is 0.250 e. The normalized spacial score (nSPS) is 17.3. The van der Waals surface area contributed by atoms with Crippen molar-refractivity contribution < 1.29 is 8.78 Å². The first-order valence-electron chi connectivity index (χ1n) is 4.97. The fourth-order valence-corrected chi connectivity index (χ4v) is 1.47. The Morgan fingerprint density at radius 2 is 2.15 bits per heavy atom. The molecule has 0 bridgehead atoms. The molecule has 1 aliphatic carbocycles. The average Bonchev–Trinajstić information content (AvgIpc) is 2.87. The van der Waals surface area contributed by atoms with Gasteiger partial charge >= 0.3 is 0 Å². The van der Waals surface area contributed by atoms with Crippen LogP contribution in [0, 0.1) is 0 Å². The molecule has 1 fully saturated rings. The van der Waals surface area contributed by atoms with E-state index in [1.807, 2.05) is 0 Å². The molecule has 1 rings (SSSR count). The zero-order chi connectivity index (χ0) is 9.68. The zero-order valence-electron chi connectivity index (χ0n) is 8.10. The molecule has 1 saturated carbocycles. The molecule has 4 heteroatoms. The van der Waals surface area contributed by atoms with Gasteiger partial charge in [0.05, 0.1) is 6.54 Å². The quantitative estimate of drug-likeness (QED) is 0.612. The number of halogens is 2. The number of hydrogen-bond donors (Lipinski definition) is 1. The molecular weight excluding hydrogens is 174 g/mol. The summed E-state index contributed by atoms with van der Waals surface area (Å²) in [6.45, 7) is 4.54.